The summed E-state index contributed by atoms with van der Waals surface area (Å²) in [5, 5.41) is 10.6. The number of nitrogens with zero attached hydrogens (tertiary/aromatic N) is 4. The summed E-state index contributed by atoms with van der Waals surface area (Å²) in [6, 6.07) is 7.55. The summed E-state index contributed by atoms with van der Waals surface area (Å²) in [6.45, 7) is 1.54. The fourth-order valence-electron chi connectivity index (χ4n) is 3.78. The third-order valence-corrected chi connectivity index (χ3v) is 6.14. The number of hydrogen-bond acceptors (Lipinski definition) is 7. The maximum Gasteiger partial charge on any atom is 0.269 e. The van der Waals surface area contributed by atoms with E-state index in [4.69, 9.17) is 9.47 Å². The second-order valence-electron chi connectivity index (χ2n) is 7.12. The highest BCUT2D eigenvalue weighted by Crippen LogP contribution is 2.33. The molecule has 8 nitrogen and oxygen atoms in total. The highest BCUT2D eigenvalue weighted by molar-refractivity contribution is 7.13. The number of aromatic nitrogens is 3. The zero-order valence-electron chi connectivity index (χ0n) is 17.3. The SMILES string of the molecule is COc1ccc(OC)c(-c2cc(C(=O)NCC3CCCN3c3nccs3)n(C)n2)c1. The Labute approximate surface area is 179 Å². The molecule has 1 saturated heterocycles. The topological polar surface area (TPSA) is 81.5 Å². The largest absolute Gasteiger partial charge is 0.497 e. The normalized spacial score (nSPS) is 16.0. The van der Waals surface area contributed by atoms with Gasteiger partial charge < -0.3 is 19.7 Å². The third-order valence-electron chi connectivity index (χ3n) is 5.34. The smallest absolute Gasteiger partial charge is 0.269 e. The average molecular weight is 428 g/mol. The van der Waals surface area contributed by atoms with E-state index in [1.54, 1.807) is 43.4 Å². The maximum absolute atomic E-state index is 12.9. The van der Waals surface area contributed by atoms with Crippen molar-refractivity contribution in [2.75, 3.05) is 32.2 Å². The van der Waals surface area contributed by atoms with E-state index in [2.05, 4.69) is 20.3 Å². The van der Waals surface area contributed by atoms with E-state index in [1.807, 2.05) is 29.8 Å². The van der Waals surface area contributed by atoms with Crippen LogP contribution < -0.4 is 19.7 Å². The monoisotopic (exact) mass is 427 g/mol. The fraction of sp³-hybridized carbons (Fsp3) is 0.381. The number of ether oxygens (including phenoxy) is 2. The standard InChI is InChI=1S/C21H25N5O3S/c1-25-18(12-17(24-25)16-11-15(28-2)6-7-19(16)29-3)20(27)23-13-14-5-4-9-26(14)21-22-8-10-30-21/h6-8,10-12,14H,4-5,9,13H2,1-3H3,(H,23,27). The van der Waals surface area contributed by atoms with Crippen LogP contribution in [0.5, 0.6) is 11.5 Å². The van der Waals surface area contributed by atoms with Crippen molar-refractivity contribution in [2.24, 2.45) is 7.05 Å². The predicted octanol–water partition coefficient (Wildman–Crippen LogP) is 2.96. The van der Waals surface area contributed by atoms with Crippen molar-refractivity contribution >= 4 is 22.4 Å². The van der Waals surface area contributed by atoms with Crippen LogP contribution >= 0.6 is 11.3 Å². The van der Waals surface area contributed by atoms with Crippen molar-refractivity contribution < 1.29 is 14.3 Å². The fourth-order valence-corrected chi connectivity index (χ4v) is 4.53. The minimum absolute atomic E-state index is 0.149. The summed E-state index contributed by atoms with van der Waals surface area (Å²) in [4.78, 5) is 19.6. The van der Waals surface area contributed by atoms with Crippen LogP contribution in [0, 0.1) is 0 Å². The maximum atomic E-state index is 12.9. The van der Waals surface area contributed by atoms with Crippen LogP contribution in [-0.4, -0.2) is 54.0 Å². The lowest BCUT2D eigenvalue weighted by Gasteiger charge is -2.24. The molecule has 30 heavy (non-hydrogen) atoms. The first kappa shape index (κ1) is 20.2. The van der Waals surface area contributed by atoms with Gasteiger partial charge in [0.2, 0.25) is 0 Å². The van der Waals surface area contributed by atoms with E-state index in [9.17, 15) is 4.79 Å². The van der Waals surface area contributed by atoms with Crippen LogP contribution in [0.2, 0.25) is 0 Å². The van der Waals surface area contributed by atoms with Gasteiger partial charge in [0, 0.05) is 43.3 Å². The van der Waals surface area contributed by atoms with Gasteiger partial charge in [-0.05, 0) is 37.1 Å². The molecule has 0 bridgehead atoms. The molecule has 158 valence electrons. The van der Waals surface area contributed by atoms with E-state index in [-0.39, 0.29) is 11.9 Å². The Morgan fingerprint density at radius 1 is 1.30 bits per heavy atom. The Kier molecular flexibility index (Phi) is 5.89. The van der Waals surface area contributed by atoms with Crippen LogP contribution in [0.1, 0.15) is 23.3 Å². The number of nitrogens with one attached hydrogen (secondary N) is 1. The van der Waals surface area contributed by atoms with Gasteiger partial charge in [-0.15, -0.1) is 11.3 Å². The molecule has 0 radical (unpaired) electrons. The first-order chi connectivity index (χ1) is 14.6. The summed E-state index contributed by atoms with van der Waals surface area (Å²) in [5.41, 5.74) is 1.93. The molecule has 9 heteroatoms. The van der Waals surface area contributed by atoms with Crippen molar-refractivity contribution in [1.82, 2.24) is 20.1 Å². The van der Waals surface area contributed by atoms with Crippen LogP contribution in [0.3, 0.4) is 0 Å². The number of anilines is 1. The number of thiazole rings is 1. The zero-order chi connectivity index (χ0) is 21.1. The van der Waals surface area contributed by atoms with Crippen molar-refractivity contribution in [3.8, 4) is 22.8 Å². The summed E-state index contributed by atoms with van der Waals surface area (Å²) in [6.07, 6.45) is 3.96. The van der Waals surface area contributed by atoms with Gasteiger partial charge in [0.25, 0.3) is 5.91 Å². The quantitative estimate of drug-likeness (QED) is 0.624. The van der Waals surface area contributed by atoms with Gasteiger partial charge >= 0.3 is 0 Å². The molecule has 1 fully saturated rings. The van der Waals surface area contributed by atoms with Crippen molar-refractivity contribution in [2.45, 2.75) is 18.9 Å². The van der Waals surface area contributed by atoms with Gasteiger partial charge in [-0.25, -0.2) is 4.98 Å². The number of rotatable bonds is 7. The second-order valence-corrected chi connectivity index (χ2v) is 7.99. The molecule has 1 amide bonds. The molecular formula is C21H25N5O3S. The van der Waals surface area contributed by atoms with Gasteiger partial charge in [0.1, 0.15) is 17.2 Å². The van der Waals surface area contributed by atoms with Crippen molar-refractivity contribution in [1.29, 1.82) is 0 Å². The third kappa shape index (κ3) is 3.97. The van der Waals surface area contributed by atoms with E-state index in [0.29, 0.717) is 29.4 Å². The molecule has 4 rings (SSSR count). The lowest BCUT2D eigenvalue weighted by Crippen LogP contribution is -2.40. The van der Waals surface area contributed by atoms with Gasteiger partial charge in [0.05, 0.1) is 19.9 Å². The average Bonchev–Trinajstić information content (AvgIpc) is 3.51. The van der Waals surface area contributed by atoms with Crippen LogP contribution in [-0.2, 0) is 7.05 Å². The molecule has 0 spiro atoms. The van der Waals surface area contributed by atoms with E-state index in [1.165, 1.54) is 0 Å². The van der Waals surface area contributed by atoms with Gasteiger partial charge in [-0.1, -0.05) is 0 Å². The molecule has 0 saturated carbocycles. The molecule has 1 aliphatic rings. The van der Waals surface area contributed by atoms with Crippen LogP contribution in [0.15, 0.2) is 35.8 Å². The zero-order valence-corrected chi connectivity index (χ0v) is 18.1. The summed E-state index contributed by atoms with van der Waals surface area (Å²) < 4.78 is 12.4. The number of carbonyl (C=O) groups excluding carboxylic acids is 1. The minimum atomic E-state index is -0.149. The lowest BCUT2D eigenvalue weighted by atomic mass is 10.1. The molecule has 3 heterocycles. The number of carbonyl (C=O) groups is 1. The van der Waals surface area contributed by atoms with E-state index < -0.39 is 0 Å². The molecule has 1 atom stereocenters. The molecule has 3 aromatic rings. The Morgan fingerprint density at radius 3 is 2.90 bits per heavy atom. The van der Waals surface area contributed by atoms with Crippen LogP contribution in [0.25, 0.3) is 11.3 Å². The summed E-state index contributed by atoms with van der Waals surface area (Å²) >= 11 is 1.63. The first-order valence-corrected chi connectivity index (χ1v) is 10.7. The Hall–Kier alpha value is -3.07. The predicted molar refractivity (Wildman–Crippen MR) is 117 cm³/mol. The van der Waals surface area contributed by atoms with E-state index >= 15 is 0 Å². The van der Waals surface area contributed by atoms with Gasteiger partial charge in [-0.2, -0.15) is 5.10 Å². The van der Waals surface area contributed by atoms with Crippen molar-refractivity contribution in [3.05, 3.63) is 41.5 Å². The van der Waals surface area contributed by atoms with Crippen LogP contribution in [0.4, 0.5) is 5.13 Å². The molecule has 2 aromatic heterocycles. The summed E-state index contributed by atoms with van der Waals surface area (Å²) in [7, 11) is 4.99. The lowest BCUT2D eigenvalue weighted by molar-refractivity contribution is 0.0942. The Bertz CT molecular complexity index is 1020. The molecule has 1 unspecified atom stereocenters. The highest BCUT2D eigenvalue weighted by Gasteiger charge is 2.27. The molecule has 1 aromatic carbocycles. The summed E-state index contributed by atoms with van der Waals surface area (Å²) in [5.74, 6) is 1.22. The molecule has 1 aliphatic heterocycles. The van der Waals surface area contributed by atoms with Gasteiger partial charge in [0.15, 0.2) is 5.13 Å². The minimum Gasteiger partial charge on any atom is -0.497 e. The Balaban J connectivity index is 1.49. The molecule has 0 aliphatic carbocycles. The number of aryl methyl sites for hydroxylation is 1. The Morgan fingerprint density at radius 2 is 2.17 bits per heavy atom. The first-order valence-electron chi connectivity index (χ1n) is 9.81. The number of amides is 1. The number of benzene rings is 1. The van der Waals surface area contributed by atoms with E-state index in [0.717, 1.165) is 30.1 Å². The second kappa shape index (κ2) is 8.74. The van der Waals surface area contributed by atoms with Crippen molar-refractivity contribution in [3.63, 3.8) is 0 Å². The number of methoxy groups -OCH3 is 2. The molecular weight excluding hydrogens is 402 g/mol. The molecule has 1 N–H and O–H groups in total. The van der Waals surface area contributed by atoms with Gasteiger partial charge in [-0.3, -0.25) is 9.48 Å². The highest BCUT2D eigenvalue weighted by atomic mass is 32.1. The number of hydrogen-bond donors (Lipinski definition) is 1.